The topological polar surface area (TPSA) is 85.4 Å². The highest BCUT2D eigenvalue weighted by Crippen LogP contribution is 2.36. The van der Waals surface area contributed by atoms with E-state index < -0.39 is 10.7 Å². The minimum Gasteiger partial charge on any atom is -0.496 e. The standard InChI is InChI=1S/C17H13FN2O4/c1-23-16-9-17(24-2)15(20(21)22)8-11(16)7-12(10-19)13-5-3-4-6-14(13)18/h3-9H,1-2H3/b12-7-. The number of rotatable bonds is 5. The lowest BCUT2D eigenvalue weighted by Crippen LogP contribution is -1.97. The molecule has 2 rings (SSSR count). The van der Waals surface area contributed by atoms with E-state index in [9.17, 15) is 19.8 Å². The van der Waals surface area contributed by atoms with Gasteiger partial charge in [-0.3, -0.25) is 10.1 Å². The molecule has 122 valence electrons. The number of hydrogen-bond acceptors (Lipinski definition) is 5. The molecule has 6 nitrogen and oxygen atoms in total. The highest BCUT2D eigenvalue weighted by molar-refractivity contribution is 5.91. The van der Waals surface area contributed by atoms with E-state index in [-0.39, 0.29) is 33.9 Å². The van der Waals surface area contributed by atoms with Crippen molar-refractivity contribution in [3.63, 3.8) is 0 Å². The zero-order chi connectivity index (χ0) is 17.7. The Morgan fingerprint density at radius 2 is 1.92 bits per heavy atom. The van der Waals surface area contributed by atoms with Crippen LogP contribution >= 0.6 is 0 Å². The van der Waals surface area contributed by atoms with Crippen molar-refractivity contribution in [2.45, 2.75) is 0 Å². The molecule has 0 heterocycles. The van der Waals surface area contributed by atoms with E-state index in [1.165, 1.54) is 50.6 Å². The Labute approximate surface area is 137 Å². The van der Waals surface area contributed by atoms with Crippen LogP contribution in [0.25, 0.3) is 11.6 Å². The van der Waals surface area contributed by atoms with Crippen molar-refractivity contribution in [3.05, 3.63) is 63.5 Å². The second-order valence-corrected chi connectivity index (χ2v) is 4.67. The van der Waals surface area contributed by atoms with Gasteiger partial charge in [-0.2, -0.15) is 5.26 Å². The number of nitro benzene ring substituents is 1. The fraction of sp³-hybridized carbons (Fsp3) is 0.118. The molecule has 0 bridgehead atoms. The largest absolute Gasteiger partial charge is 0.496 e. The Bertz CT molecular complexity index is 856. The van der Waals surface area contributed by atoms with Crippen molar-refractivity contribution in [1.29, 1.82) is 5.26 Å². The van der Waals surface area contributed by atoms with Crippen molar-refractivity contribution in [2.24, 2.45) is 0 Å². The van der Waals surface area contributed by atoms with Gasteiger partial charge in [0, 0.05) is 23.3 Å². The zero-order valence-electron chi connectivity index (χ0n) is 12.9. The van der Waals surface area contributed by atoms with Crippen LogP contribution in [-0.2, 0) is 0 Å². The van der Waals surface area contributed by atoms with Crippen molar-refractivity contribution in [3.8, 4) is 17.6 Å². The van der Waals surface area contributed by atoms with Crippen molar-refractivity contribution < 1.29 is 18.8 Å². The molecule has 0 unspecified atom stereocenters. The molecular weight excluding hydrogens is 315 g/mol. The Balaban J connectivity index is 2.66. The maximum Gasteiger partial charge on any atom is 0.311 e. The predicted molar refractivity (Wildman–Crippen MR) is 86.1 cm³/mol. The van der Waals surface area contributed by atoms with Gasteiger partial charge in [-0.25, -0.2) is 4.39 Å². The molecule has 0 aromatic heterocycles. The minimum absolute atomic E-state index is 0.0193. The summed E-state index contributed by atoms with van der Waals surface area (Å²) in [4.78, 5) is 10.5. The zero-order valence-corrected chi connectivity index (χ0v) is 12.9. The SMILES string of the molecule is COc1cc(OC)c([N+](=O)[O-])cc1/C=C(/C#N)c1ccccc1F. The Hall–Kier alpha value is -3.40. The van der Waals surface area contributed by atoms with E-state index >= 15 is 0 Å². The van der Waals surface area contributed by atoms with E-state index in [4.69, 9.17) is 9.47 Å². The molecule has 0 N–H and O–H groups in total. The second-order valence-electron chi connectivity index (χ2n) is 4.67. The summed E-state index contributed by atoms with van der Waals surface area (Å²) < 4.78 is 24.0. The number of nitrogens with zero attached hydrogens (tertiary/aromatic N) is 2. The van der Waals surface area contributed by atoms with Crippen LogP contribution in [-0.4, -0.2) is 19.1 Å². The lowest BCUT2D eigenvalue weighted by atomic mass is 10.0. The molecule has 0 radical (unpaired) electrons. The molecule has 0 saturated carbocycles. The maximum atomic E-state index is 13.9. The smallest absolute Gasteiger partial charge is 0.311 e. The number of nitriles is 1. The number of benzene rings is 2. The molecule has 0 saturated heterocycles. The predicted octanol–water partition coefficient (Wildman–Crippen LogP) is 3.82. The summed E-state index contributed by atoms with van der Waals surface area (Å²) in [6.07, 6.45) is 1.34. The van der Waals surface area contributed by atoms with E-state index in [0.29, 0.717) is 0 Å². The molecule has 0 aliphatic carbocycles. The van der Waals surface area contributed by atoms with Gasteiger partial charge in [0.25, 0.3) is 0 Å². The van der Waals surface area contributed by atoms with Crippen LogP contribution in [0.15, 0.2) is 36.4 Å². The summed E-state index contributed by atoms with van der Waals surface area (Å²) in [7, 11) is 2.68. The number of hydrogen-bond donors (Lipinski definition) is 0. The highest BCUT2D eigenvalue weighted by atomic mass is 19.1. The van der Waals surface area contributed by atoms with Crippen LogP contribution in [0.5, 0.6) is 11.5 Å². The quantitative estimate of drug-likeness (QED) is 0.360. The molecule has 7 heteroatoms. The van der Waals surface area contributed by atoms with Gasteiger partial charge in [0.2, 0.25) is 5.75 Å². The van der Waals surface area contributed by atoms with E-state index in [1.807, 2.05) is 6.07 Å². The number of methoxy groups -OCH3 is 2. The third kappa shape index (κ3) is 3.33. The minimum atomic E-state index is -0.606. The van der Waals surface area contributed by atoms with Gasteiger partial charge in [0.15, 0.2) is 0 Å². The van der Waals surface area contributed by atoms with Crippen LogP contribution in [0.4, 0.5) is 10.1 Å². The van der Waals surface area contributed by atoms with Crippen LogP contribution in [0.2, 0.25) is 0 Å². The van der Waals surface area contributed by atoms with E-state index in [2.05, 4.69) is 0 Å². The van der Waals surface area contributed by atoms with Gasteiger partial charge in [-0.15, -0.1) is 0 Å². The number of halogens is 1. The molecular formula is C17H13FN2O4. The van der Waals surface area contributed by atoms with Gasteiger partial charge in [-0.1, -0.05) is 18.2 Å². The number of ether oxygens (including phenoxy) is 2. The summed E-state index contributed by atoms with van der Waals surface area (Å²) in [5.74, 6) is -0.271. The fourth-order valence-electron chi connectivity index (χ4n) is 2.17. The van der Waals surface area contributed by atoms with Crippen LogP contribution in [0, 0.1) is 27.3 Å². The average molecular weight is 328 g/mol. The fourth-order valence-corrected chi connectivity index (χ4v) is 2.17. The summed E-state index contributed by atoms with van der Waals surface area (Å²) in [5, 5.41) is 20.5. The van der Waals surface area contributed by atoms with Crippen molar-refractivity contribution >= 4 is 17.3 Å². The van der Waals surface area contributed by atoms with E-state index in [1.54, 1.807) is 6.07 Å². The van der Waals surface area contributed by atoms with Crippen molar-refractivity contribution in [1.82, 2.24) is 0 Å². The molecule has 2 aromatic carbocycles. The molecule has 0 aliphatic heterocycles. The number of nitro groups is 1. The number of allylic oxidation sites excluding steroid dienone is 1. The molecule has 0 aliphatic rings. The third-order valence-corrected chi connectivity index (χ3v) is 3.31. The summed E-state index contributed by atoms with van der Waals surface area (Å²) >= 11 is 0. The van der Waals surface area contributed by atoms with Crippen LogP contribution in [0.3, 0.4) is 0 Å². The first-order valence-corrected chi connectivity index (χ1v) is 6.79. The molecule has 0 amide bonds. The lowest BCUT2D eigenvalue weighted by molar-refractivity contribution is -0.385. The van der Waals surface area contributed by atoms with Crippen LogP contribution in [0.1, 0.15) is 11.1 Å². The average Bonchev–Trinajstić information content (AvgIpc) is 2.59. The Morgan fingerprint density at radius 3 is 2.46 bits per heavy atom. The highest BCUT2D eigenvalue weighted by Gasteiger charge is 2.19. The summed E-state index contributed by atoms with van der Waals surface area (Å²) in [6, 6.07) is 10.3. The molecule has 0 spiro atoms. The van der Waals surface area contributed by atoms with Gasteiger partial charge >= 0.3 is 5.69 Å². The van der Waals surface area contributed by atoms with Gasteiger partial charge in [0.1, 0.15) is 11.6 Å². The normalized spacial score (nSPS) is 10.8. The monoisotopic (exact) mass is 328 g/mol. The maximum absolute atomic E-state index is 13.9. The summed E-state index contributed by atoms with van der Waals surface area (Å²) in [6.45, 7) is 0. The second kappa shape index (κ2) is 7.24. The van der Waals surface area contributed by atoms with Gasteiger partial charge < -0.3 is 9.47 Å². The first kappa shape index (κ1) is 17.0. The first-order valence-electron chi connectivity index (χ1n) is 6.79. The molecule has 2 aromatic rings. The third-order valence-electron chi connectivity index (χ3n) is 3.31. The van der Waals surface area contributed by atoms with Crippen molar-refractivity contribution in [2.75, 3.05) is 14.2 Å². The van der Waals surface area contributed by atoms with E-state index in [0.717, 1.165) is 0 Å². The van der Waals surface area contributed by atoms with Gasteiger partial charge in [-0.05, 0) is 12.1 Å². The molecule has 0 atom stereocenters. The Morgan fingerprint density at radius 1 is 1.25 bits per heavy atom. The molecule has 24 heavy (non-hydrogen) atoms. The first-order chi connectivity index (χ1) is 11.5. The van der Waals surface area contributed by atoms with Crippen LogP contribution < -0.4 is 9.47 Å². The Kier molecular flexibility index (Phi) is 5.12. The van der Waals surface area contributed by atoms with Gasteiger partial charge in [0.05, 0.1) is 30.8 Å². The summed E-state index contributed by atoms with van der Waals surface area (Å²) in [5.41, 5.74) is 0.103. The molecule has 0 fully saturated rings. The lowest BCUT2D eigenvalue weighted by Gasteiger charge is -2.09.